The van der Waals surface area contributed by atoms with Gasteiger partial charge in [0.1, 0.15) is 6.10 Å². The van der Waals surface area contributed by atoms with Gasteiger partial charge in [-0.3, -0.25) is 14.6 Å². The molecule has 1 amide bonds. The molecule has 3 rings (SSSR count). The quantitative estimate of drug-likeness (QED) is 0.0719. The molecule has 0 radical (unpaired) electrons. The first kappa shape index (κ1) is 35.7. The number of carbonyl (C=O) groups is 2. The van der Waals surface area contributed by atoms with Crippen molar-refractivity contribution in [2.75, 3.05) is 20.2 Å². The fraction of sp³-hybridized carbons (Fsp3) is 0.571. The molecule has 45 heavy (non-hydrogen) atoms. The van der Waals surface area contributed by atoms with E-state index in [0.29, 0.717) is 62.9 Å². The number of esters is 1. The highest BCUT2D eigenvalue weighted by molar-refractivity contribution is 5.79. The van der Waals surface area contributed by atoms with Crippen molar-refractivity contribution in [3.05, 3.63) is 59.2 Å². The molecule has 1 aliphatic heterocycles. The van der Waals surface area contributed by atoms with Crippen LogP contribution in [0.5, 0.6) is 11.5 Å². The molecule has 2 aromatic carbocycles. The molecular formula is C35H52N4O6. The summed E-state index contributed by atoms with van der Waals surface area (Å²) in [7, 11) is 1.49. The summed E-state index contributed by atoms with van der Waals surface area (Å²) in [6.07, 6.45) is 8.81. The number of nitrogens with two attached hydrogens (primary N) is 2. The van der Waals surface area contributed by atoms with Crippen LogP contribution >= 0.6 is 0 Å². The number of ether oxygens (including phenoxy) is 2. The molecule has 10 heteroatoms. The number of aliphatic imine (C=N–C) groups is 1. The van der Waals surface area contributed by atoms with Gasteiger partial charge >= 0.3 is 5.97 Å². The number of aliphatic hydroxyl groups is 1. The van der Waals surface area contributed by atoms with Crippen molar-refractivity contribution in [1.82, 2.24) is 4.90 Å². The van der Waals surface area contributed by atoms with Crippen molar-refractivity contribution in [1.29, 1.82) is 0 Å². The highest BCUT2D eigenvalue weighted by atomic mass is 16.5. The van der Waals surface area contributed by atoms with Crippen LogP contribution in [-0.2, 0) is 33.7 Å². The first-order chi connectivity index (χ1) is 21.6. The number of guanidine groups is 1. The molecule has 10 nitrogen and oxygen atoms in total. The van der Waals surface area contributed by atoms with Crippen molar-refractivity contribution in [2.24, 2.45) is 22.4 Å². The van der Waals surface area contributed by atoms with Gasteiger partial charge in [0.15, 0.2) is 17.5 Å². The Hall–Kier alpha value is -3.79. The molecule has 3 atom stereocenters. The number of benzene rings is 2. The van der Waals surface area contributed by atoms with Gasteiger partial charge in [0, 0.05) is 45.0 Å². The van der Waals surface area contributed by atoms with Gasteiger partial charge in [-0.15, -0.1) is 0 Å². The molecule has 248 valence electrons. The molecule has 0 aliphatic carbocycles. The molecule has 0 bridgehead atoms. The van der Waals surface area contributed by atoms with Crippen LogP contribution in [0.15, 0.2) is 47.5 Å². The summed E-state index contributed by atoms with van der Waals surface area (Å²) in [4.78, 5) is 30.3. The Morgan fingerprint density at radius 2 is 1.78 bits per heavy atom. The van der Waals surface area contributed by atoms with Gasteiger partial charge in [-0.2, -0.15) is 0 Å². The number of hydrogen-bond donors (Lipinski definition) is 4. The molecule has 0 spiro atoms. The van der Waals surface area contributed by atoms with Gasteiger partial charge in [-0.25, -0.2) is 0 Å². The molecule has 0 unspecified atom stereocenters. The molecule has 1 heterocycles. The van der Waals surface area contributed by atoms with E-state index in [1.807, 2.05) is 12.1 Å². The number of aryl methyl sites for hydroxylation is 2. The van der Waals surface area contributed by atoms with Gasteiger partial charge in [0.25, 0.3) is 0 Å². The van der Waals surface area contributed by atoms with Crippen LogP contribution < -0.4 is 16.2 Å². The number of rotatable bonds is 20. The van der Waals surface area contributed by atoms with Crippen molar-refractivity contribution < 1.29 is 29.3 Å². The lowest BCUT2D eigenvalue weighted by Gasteiger charge is -2.22. The third-order valence-corrected chi connectivity index (χ3v) is 8.39. The number of likely N-dealkylation sites (tertiary alicyclic amines) is 1. The number of hydrogen-bond acceptors (Lipinski definition) is 7. The number of aromatic hydroxyl groups is 1. The summed E-state index contributed by atoms with van der Waals surface area (Å²) >= 11 is 0. The SMILES string of the molecule is COc1cc(CC[C@H](C[C@@H](O)CCCCCCCc2ccccc2)OC(C)=O)cc(CN2C[C@@H](CCN=C(N)N)CC2=O)c1O. The van der Waals surface area contributed by atoms with Crippen LogP contribution in [-0.4, -0.2) is 65.4 Å². The van der Waals surface area contributed by atoms with E-state index in [1.165, 1.54) is 32.4 Å². The Labute approximate surface area is 267 Å². The Morgan fingerprint density at radius 1 is 1.04 bits per heavy atom. The Morgan fingerprint density at radius 3 is 2.49 bits per heavy atom. The summed E-state index contributed by atoms with van der Waals surface area (Å²) in [6, 6.07) is 14.2. The second-order valence-corrected chi connectivity index (χ2v) is 12.2. The number of carbonyl (C=O) groups excluding carboxylic acids is 2. The average molecular weight is 625 g/mol. The molecule has 2 aromatic rings. The minimum absolute atomic E-state index is 0.00466. The van der Waals surface area contributed by atoms with Crippen LogP contribution in [0.3, 0.4) is 0 Å². The molecule has 0 saturated carbocycles. The van der Waals surface area contributed by atoms with E-state index in [-0.39, 0.29) is 36.0 Å². The van der Waals surface area contributed by atoms with Gasteiger partial charge in [0.05, 0.1) is 13.2 Å². The summed E-state index contributed by atoms with van der Waals surface area (Å²) in [5.41, 5.74) is 13.7. The van der Waals surface area contributed by atoms with E-state index < -0.39 is 12.2 Å². The second kappa shape index (κ2) is 18.9. The molecule has 1 fully saturated rings. The van der Waals surface area contributed by atoms with Gasteiger partial charge < -0.3 is 36.1 Å². The number of amides is 1. The Kier molecular flexibility index (Phi) is 15.0. The smallest absolute Gasteiger partial charge is 0.302 e. The highest BCUT2D eigenvalue weighted by Gasteiger charge is 2.30. The van der Waals surface area contributed by atoms with E-state index in [1.54, 1.807) is 11.0 Å². The van der Waals surface area contributed by atoms with Gasteiger partial charge in [0.2, 0.25) is 5.91 Å². The maximum atomic E-state index is 12.7. The predicted molar refractivity (Wildman–Crippen MR) is 176 cm³/mol. The summed E-state index contributed by atoms with van der Waals surface area (Å²) in [5, 5.41) is 21.6. The standard InChI is InChI=1S/C35H52N4O6/c1-25(40)45-31(22-30(41)14-10-5-3-4-7-11-26-12-8-6-9-13-26)16-15-27-19-29(34(43)32(20-27)44-2)24-39-23-28(21-33(39)42)17-18-38-35(36)37/h6,8-9,12-13,19-20,28,30-31,41,43H,3-5,7,10-11,14-18,21-24H2,1-2H3,(H4,36,37,38)/t28-,30-,31+/m0/s1. The third kappa shape index (κ3) is 13.0. The topological polar surface area (TPSA) is 161 Å². The lowest BCUT2D eigenvalue weighted by molar-refractivity contribution is -0.148. The number of phenols is 1. The van der Waals surface area contributed by atoms with Crippen LogP contribution in [0.4, 0.5) is 0 Å². The van der Waals surface area contributed by atoms with Crippen LogP contribution in [0.1, 0.15) is 87.8 Å². The van der Waals surface area contributed by atoms with Gasteiger partial charge in [-0.05, 0) is 61.6 Å². The first-order valence-corrected chi connectivity index (χ1v) is 16.3. The number of phenolic OH excluding ortho intramolecular Hbond substituents is 1. The molecule has 1 aliphatic rings. The molecule has 1 saturated heterocycles. The zero-order valence-electron chi connectivity index (χ0n) is 27.0. The van der Waals surface area contributed by atoms with Crippen LogP contribution in [0.25, 0.3) is 0 Å². The molecule has 0 aromatic heterocycles. The maximum absolute atomic E-state index is 12.7. The fourth-order valence-electron chi connectivity index (χ4n) is 6.02. The van der Waals surface area contributed by atoms with E-state index in [2.05, 4.69) is 29.3 Å². The van der Waals surface area contributed by atoms with E-state index >= 15 is 0 Å². The summed E-state index contributed by atoms with van der Waals surface area (Å²) in [5.74, 6) is 0.150. The minimum atomic E-state index is -0.551. The number of nitrogens with zero attached hydrogens (tertiary/aromatic N) is 2. The second-order valence-electron chi connectivity index (χ2n) is 12.2. The van der Waals surface area contributed by atoms with Gasteiger partial charge in [-0.1, -0.05) is 62.1 Å². The van der Waals surface area contributed by atoms with Crippen molar-refractivity contribution in [2.45, 2.75) is 103 Å². The van der Waals surface area contributed by atoms with E-state index in [4.69, 9.17) is 20.9 Å². The van der Waals surface area contributed by atoms with E-state index in [9.17, 15) is 19.8 Å². The third-order valence-electron chi connectivity index (χ3n) is 8.39. The van der Waals surface area contributed by atoms with Crippen LogP contribution in [0, 0.1) is 5.92 Å². The predicted octanol–water partition coefficient (Wildman–Crippen LogP) is 4.61. The minimum Gasteiger partial charge on any atom is -0.504 e. The highest BCUT2D eigenvalue weighted by Crippen LogP contribution is 2.34. The Bertz CT molecular complexity index is 1230. The summed E-state index contributed by atoms with van der Waals surface area (Å²) < 4.78 is 11.0. The lowest BCUT2D eigenvalue weighted by Crippen LogP contribution is -2.25. The van der Waals surface area contributed by atoms with Crippen molar-refractivity contribution >= 4 is 17.8 Å². The fourth-order valence-corrected chi connectivity index (χ4v) is 6.02. The molecule has 6 N–H and O–H groups in total. The zero-order valence-corrected chi connectivity index (χ0v) is 27.0. The van der Waals surface area contributed by atoms with Crippen molar-refractivity contribution in [3.63, 3.8) is 0 Å². The number of unbranched alkanes of at least 4 members (excludes halogenated alkanes) is 4. The van der Waals surface area contributed by atoms with E-state index in [0.717, 1.165) is 31.2 Å². The average Bonchev–Trinajstić information content (AvgIpc) is 3.35. The molecular weight excluding hydrogens is 572 g/mol. The number of methoxy groups -OCH3 is 1. The first-order valence-electron chi connectivity index (χ1n) is 16.3. The van der Waals surface area contributed by atoms with Crippen LogP contribution in [0.2, 0.25) is 0 Å². The van der Waals surface area contributed by atoms with Crippen molar-refractivity contribution in [3.8, 4) is 11.5 Å². The largest absolute Gasteiger partial charge is 0.504 e. The monoisotopic (exact) mass is 624 g/mol. The summed E-state index contributed by atoms with van der Waals surface area (Å²) in [6.45, 7) is 2.67. The number of aliphatic hydroxyl groups excluding tert-OH is 1. The maximum Gasteiger partial charge on any atom is 0.302 e. The normalized spacial score (nSPS) is 15.9. The zero-order chi connectivity index (χ0) is 32.6. The Balaban J connectivity index is 1.48. The lowest BCUT2D eigenvalue weighted by atomic mass is 9.98.